The third-order valence-electron chi connectivity index (χ3n) is 2.13. The third kappa shape index (κ3) is 5.58. The molecule has 1 rings (SSSR count). The smallest absolute Gasteiger partial charge is 0.0920 e. The molecule has 64 valence electrons. The van der Waals surface area contributed by atoms with Crippen LogP contribution >= 0.6 is 0 Å². The first kappa shape index (κ1) is 14.4. The summed E-state index contributed by atoms with van der Waals surface area (Å²) in [6, 6.07) is 0. The van der Waals surface area contributed by atoms with Crippen LogP contribution in [-0.2, 0) is 0 Å². The molecule has 0 spiro atoms. The molecule has 0 amide bonds. The van der Waals surface area contributed by atoms with Crippen molar-refractivity contribution in [2.75, 3.05) is 13.2 Å². The highest BCUT2D eigenvalue weighted by Crippen LogP contribution is 1.99. The highest BCUT2D eigenvalue weighted by Gasteiger charge is 2.09. The summed E-state index contributed by atoms with van der Waals surface area (Å²) < 4.78 is 0. The summed E-state index contributed by atoms with van der Waals surface area (Å²) >= 11 is 0. The van der Waals surface area contributed by atoms with Crippen molar-refractivity contribution in [3.05, 3.63) is 10.9 Å². The summed E-state index contributed by atoms with van der Waals surface area (Å²) in [6.07, 6.45) is 0. The van der Waals surface area contributed by atoms with Crippen molar-refractivity contribution in [2.24, 2.45) is 0 Å². The maximum absolute atomic E-state index is 9.19. The van der Waals surface area contributed by atoms with Crippen LogP contribution in [0.3, 0.4) is 0 Å². The van der Waals surface area contributed by atoms with Gasteiger partial charge in [0.2, 0.25) is 0 Å². The van der Waals surface area contributed by atoms with Crippen LogP contribution in [0.15, 0.2) is 10.9 Å². The number of aliphatic hydroxyl groups excluding tert-OH is 2. The van der Waals surface area contributed by atoms with Crippen LogP contribution in [0.4, 0.5) is 0 Å². The number of hydrogen-bond acceptors (Lipinski definition) is 2. The fraction of sp³-hybridized carbons (Fsp3) is 0.500. The molecule has 0 aliphatic carbocycles. The lowest BCUT2D eigenvalue weighted by atomic mass is 8.87. The topological polar surface area (TPSA) is 40.5 Å². The Morgan fingerprint density at radius 1 is 0.562 bits per heavy atom. The molecule has 2 N–H and O–H groups in total. The largest absolute Gasteiger partial charge is 0.393 e. The Balaban J connectivity index is 2.54. The van der Waals surface area contributed by atoms with E-state index in [1.807, 2.05) is 56.5 Å². The highest BCUT2D eigenvalue weighted by atomic mass is 16.3. The zero-order valence-corrected chi connectivity index (χ0v) is 9.08. The number of hydrogen-bond donors (Lipinski definition) is 2. The zero-order chi connectivity index (χ0) is 11.6. The summed E-state index contributed by atoms with van der Waals surface area (Å²) in [7, 11) is 18.7. The van der Waals surface area contributed by atoms with Crippen LogP contribution in [0, 0.1) is 0 Å². The molecular weight excluding hydrogens is 188 g/mol. The molecule has 1 aliphatic rings. The molecule has 0 saturated carbocycles. The summed E-state index contributed by atoms with van der Waals surface area (Å²) in [5, 5.41) is 18.4. The number of aliphatic hydroxyl groups is 2. The van der Waals surface area contributed by atoms with Crippen LogP contribution < -0.4 is 0 Å². The van der Waals surface area contributed by atoms with Gasteiger partial charge in [0.05, 0.1) is 27.6 Å². The molecule has 2 nitrogen and oxygen atoms in total. The molecule has 12 heteroatoms. The minimum atomic E-state index is -0.0792. The molecule has 0 aromatic heterocycles. The van der Waals surface area contributed by atoms with Crippen LogP contribution in [-0.4, -0.2) is 94.3 Å². The quantitative estimate of drug-likeness (QED) is 0.435. The lowest BCUT2D eigenvalue weighted by Gasteiger charge is -2.12. The van der Waals surface area contributed by atoms with E-state index in [1.54, 1.807) is 14.3 Å². The SMILES string of the molecule is OC/C1=C(\CO)[B][B][B][B][B][B][B][B][B][B]1. The predicted molar refractivity (Wildman–Crippen MR) is 78.7 cm³/mol. The molecule has 0 aromatic carbocycles. The molecule has 10 radical (unpaired) electrons. The second kappa shape index (κ2) is 9.35. The summed E-state index contributed by atoms with van der Waals surface area (Å²) in [4.78, 5) is 0. The summed E-state index contributed by atoms with van der Waals surface area (Å²) in [6.45, 7) is -0.158. The first-order chi connectivity index (χ1) is 7.88. The van der Waals surface area contributed by atoms with Gasteiger partial charge in [-0.2, -0.15) is 0 Å². The van der Waals surface area contributed by atoms with Gasteiger partial charge in [0, 0.05) is 56.5 Å². The molecule has 1 aliphatic heterocycles. The zero-order valence-electron chi connectivity index (χ0n) is 9.08. The van der Waals surface area contributed by atoms with Crippen LogP contribution in [0.1, 0.15) is 0 Å². The van der Waals surface area contributed by atoms with Crippen molar-refractivity contribution in [3.63, 3.8) is 0 Å². The monoisotopic (exact) mass is 196 g/mol. The van der Waals surface area contributed by atoms with Crippen LogP contribution in [0.2, 0.25) is 0 Å². The molecule has 0 atom stereocenters. The summed E-state index contributed by atoms with van der Waals surface area (Å²) in [5.74, 6) is 0. The minimum Gasteiger partial charge on any atom is -0.393 e. The summed E-state index contributed by atoms with van der Waals surface area (Å²) in [5.41, 5.74) is 1.45. The van der Waals surface area contributed by atoms with E-state index in [4.69, 9.17) is 0 Å². The van der Waals surface area contributed by atoms with E-state index in [0.29, 0.717) is 0 Å². The number of rotatable bonds is 2. The van der Waals surface area contributed by atoms with Gasteiger partial charge in [-0.05, 0) is 0 Å². The fourth-order valence-corrected chi connectivity index (χ4v) is 1.25. The van der Waals surface area contributed by atoms with E-state index < -0.39 is 0 Å². The molecule has 0 bridgehead atoms. The van der Waals surface area contributed by atoms with Gasteiger partial charge in [0.25, 0.3) is 0 Å². The normalized spacial score (nSPS) is 20.9. The van der Waals surface area contributed by atoms with E-state index in [9.17, 15) is 10.2 Å². The fourth-order valence-electron chi connectivity index (χ4n) is 1.25. The van der Waals surface area contributed by atoms with Gasteiger partial charge in [-0.15, -0.1) is 10.9 Å². The Morgan fingerprint density at radius 3 is 1.19 bits per heavy atom. The van der Waals surface area contributed by atoms with Crippen molar-refractivity contribution < 1.29 is 10.2 Å². The van der Waals surface area contributed by atoms with Gasteiger partial charge in [-0.1, -0.05) is 0 Å². The van der Waals surface area contributed by atoms with Crippen LogP contribution in [0.25, 0.3) is 0 Å². The highest BCUT2D eigenvalue weighted by molar-refractivity contribution is 7.69. The maximum Gasteiger partial charge on any atom is 0.0920 e. The molecular formula is C4H6B10O2. The Morgan fingerprint density at radius 2 is 0.875 bits per heavy atom. The molecule has 0 fully saturated rings. The lowest BCUT2D eigenvalue weighted by Crippen LogP contribution is -2.35. The van der Waals surface area contributed by atoms with E-state index in [-0.39, 0.29) is 13.2 Å². The van der Waals surface area contributed by atoms with E-state index in [1.165, 1.54) is 0 Å². The maximum atomic E-state index is 9.19. The van der Waals surface area contributed by atoms with E-state index in [0.717, 1.165) is 10.9 Å². The molecule has 1 heterocycles. The lowest BCUT2D eigenvalue weighted by molar-refractivity contribution is 0.322. The predicted octanol–water partition coefficient (Wildman–Crippen LogP) is -4.53. The Hall–Kier alpha value is 0.309. The second-order valence-corrected chi connectivity index (χ2v) is 3.24. The first-order valence-corrected chi connectivity index (χ1v) is 5.17. The van der Waals surface area contributed by atoms with Crippen molar-refractivity contribution in [3.8, 4) is 0 Å². The Labute approximate surface area is 105 Å². The Kier molecular flexibility index (Phi) is 8.40. The van der Waals surface area contributed by atoms with Crippen LogP contribution in [0.5, 0.6) is 0 Å². The van der Waals surface area contributed by atoms with Gasteiger partial charge in [0.1, 0.15) is 0 Å². The van der Waals surface area contributed by atoms with Crippen molar-refractivity contribution >= 4 is 70.8 Å². The van der Waals surface area contributed by atoms with Gasteiger partial charge >= 0.3 is 0 Å². The van der Waals surface area contributed by atoms with Gasteiger partial charge in [-0.25, -0.2) is 0 Å². The van der Waals surface area contributed by atoms with Crippen molar-refractivity contribution in [1.29, 1.82) is 0 Å². The standard InChI is InChI=1S/C4H6B10O2/c15-1-3-4(2-16)6-8-10-12-14-13-11-9-7-5-3/h15-16H,1-2H2/b4-3-. The molecule has 0 unspecified atom stereocenters. The minimum absolute atomic E-state index is 0.0792. The van der Waals surface area contributed by atoms with E-state index in [2.05, 4.69) is 0 Å². The van der Waals surface area contributed by atoms with E-state index >= 15 is 0 Å². The van der Waals surface area contributed by atoms with Crippen molar-refractivity contribution in [1.82, 2.24) is 0 Å². The Bertz CT molecular complexity index is 199. The van der Waals surface area contributed by atoms with Gasteiger partial charge in [-0.3, -0.25) is 0 Å². The average Bonchev–Trinajstić information content (AvgIpc) is 2.30. The third-order valence-corrected chi connectivity index (χ3v) is 2.13. The molecule has 0 aromatic rings. The molecule has 0 saturated heterocycles. The van der Waals surface area contributed by atoms with Gasteiger partial charge in [0.15, 0.2) is 0 Å². The van der Waals surface area contributed by atoms with Gasteiger partial charge < -0.3 is 10.2 Å². The van der Waals surface area contributed by atoms with Crippen molar-refractivity contribution in [2.45, 2.75) is 0 Å². The first-order valence-electron chi connectivity index (χ1n) is 5.17. The molecule has 16 heavy (non-hydrogen) atoms. The average molecular weight is 194 g/mol. The second-order valence-electron chi connectivity index (χ2n) is 3.24.